The minimum absolute atomic E-state index is 0.639. The van der Waals surface area contributed by atoms with Crippen molar-refractivity contribution in [2.45, 2.75) is 6.92 Å². The Hall–Kier alpha value is -2.34. The highest BCUT2D eigenvalue weighted by atomic mass is 16.2. The van der Waals surface area contributed by atoms with Crippen molar-refractivity contribution in [2.24, 2.45) is 15.7 Å². The summed E-state index contributed by atoms with van der Waals surface area (Å²) in [6.07, 6.45) is 7.31. The van der Waals surface area contributed by atoms with Gasteiger partial charge in [0.15, 0.2) is 5.82 Å². The van der Waals surface area contributed by atoms with Crippen LogP contribution in [0.5, 0.6) is 0 Å². The highest BCUT2D eigenvalue weighted by molar-refractivity contribution is 5.33. The summed E-state index contributed by atoms with van der Waals surface area (Å²) in [6.45, 7) is 16.1. The molecule has 0 amide bonds. The van der Waals surface area contributed by atoms with Gasteiger partial charge in [-0.05, 0) is 32.5 Å². The molecule has 0 spiro atoms. The first-order valence-corrected chi connectivity index (χ1v) is 7.01. The van der Waals surface area contributed by atoms with E-state index in [0.29, 0.717) is 5.70 Å². The summed E-state index contributed by atoms with van der Waals surface area (Å²) in [7, 11) is 1.00. The van der Waals surface area contributed by atoms with E-state index >= 15 is 0 Å². The van der Waals surface area contributed by atoms with Crippen molar-refractivity contribution in [1.82, 2.24) is 9.80 Å². The maximum absolute atomic E-state index is 7.00. The highest BCUT2D eigenvalue weighted by Gasteiger charge is 2.20. The standard InChI is InChI=1S/C15H23N5.CH4O/c1-5-7-13(16)15(18-4)20-11-9-19(10-12-20)14(17-3)8-6-2;1-2/h5-8H,2-4,9-12,16H2,1H3;2H,1H3/b7-5-,14-8+,15-13-;. The molecule has 1 aliphatic heterocycles. The first-order valence-electron chi connectivity index (χ1n) is 7.01. The lowest BCUT2D eigenvalue weighted by Crippen LogP contribution is -2.45. The number of aliphatic imine (C=N–C) groups is 2. The third-order valence-corrected chi connectivity index (χ3v) is 3.09. The van der Waals surface area contributed by atoms with Gasteiger partial charge in [0.1, 0.15) is 5.82 Å². The molecule has 1 rings (SSSR count). The van der Waals surface area contributed by atoms with Crippen molar-refractivity contribution in [3.8, 4) is 0 Å². The summed E-state index contributed by atoms with van der Waals surface area (Å²) < 4.78 is 0. The summed E-state index contributed by atoms with van der Waals surface area (Å²) in [5.74, 6) is 1.58. The topological polar surface area (TPSA) is 77.5 Å². The number of aliphatic hydroxyl groups excluding tert-OH is 1. The molecule has 0 radical (unpaired) electrons. The van der Waals surface area contributed by atoms with Crippen molar-refractivity contribution in [3.05, 3.63) is 48.2 Å². The SMILES string of the molecule is C=C/C=C(\N=C)N1CCN(/C(N=C)=C(N)/C=C\C)CC1.CO. The highest BCUT2D eigenvalue weighted by Crippen LogP contribution is 2.16. The van der Waals surface area contributed by atoms with Crippen LogP contribution in [0.4, 0.5) is 0 Å². The quantitative estimate of drug-likeness (QED) is 0.573. The van der Waals surface area contributed by atoms with Crippen molar-refractivity contribution in [3.63, 3.8) is 0 Å². The summed E-state index contributed by atoms with van der Waals surface area (Å²) >= 11 is 0. The minimum Gasteiger partial charge on any atom is -0.400 e. The number of aliphatic hydroxyl groups is 1. The largest absolute Gasteiger partial charge is 0.400 e. The molecule has 1 fully saturated rings. The van der Waals surface area contributed by atoms with E-state index in [-0.39, 0.29) is 0 Å². The number of rotatable bonds is 6. The molecule has 0 unspecified atom stereocenters. The first-order chi connectivity index (χ1) is 10.7. The summed E-state index contributed by atoms with van der Waals surface area (Å²) in [6, 6.07) is 0. The van der Waals surface area contributed by atoms with Gasteiger partial charge in [-0.1, -0.05) is 18.7 Å². The smallest absolute Gasteiger partial charge is 0.151 e. The van der Waals surface area contributed by atoms with Crippen molar-refractivity contribution >= 4 is 13.4 Å². The van der Waals surface area contributed by atoms with Gasteiger partial charge in [0, 0.05) is 33.3 Å². The third kappa shape index (κ3) is 5.57. The summed E-state index contributed by atoms with van der Waals surface area (Å²) in [5.41, 5.74) is 6.63. The van der Waals surface area contributed by atoms with Gasteiger partial charge < -0.3 is 20.6 Å². The second kappa shape index (κ2) is 11.3. The normalized spacial score (nSPS) is 16.6. The Morgan fingerprint density at radius 1 is 1.09 bits per heavy atom. The van der Waals surface area contributed by atoms with Crippen LogP contribution in [0.15, 0.2) is 58.2 Å². The van der Waals surface area contributed by atoms with Gasteiger partial charge in [-0.3, -0.25) is 0 Å². The Labute approximate surface area is 133 Å². The van der Waals surface area contributed by atoms with E-state index in [1.165, 1.54) is 0 Å². The Morgan fingerprint density at radius 2 is 1.64 bits per heavy atom. The maximum Gasteiger partial charge on any atom is 0.151 e. The Bertz CT molecular complexity index is 457. The van der Waals surface area contributed by atoms with Gasteiger partial charge in [0.05, 0.1) is 5.70 Å². The molecule has 1 saturated heterocycles. The maximum atomic E-state index is 7.00. The summed E-state index contributed by atoms with van der Waals surface area (Å²) in [4.78, 5) is 12.4. The first kappa shape index (κ1) is 19.7. The van der Waals surface area contributed by atoms with E-state index < -0.39 is 0 Å². The van der Waals surface area contributed by atoms with E-state index in [1.807, 2.05) is 25.2 Å². The van der Waals surface area contributed by atoms with E-state index in [4.69, 9.17) is 10.8 Å². The fraction of sp³-hybridized carbons (Fsp3) is 0.375. The van der Waals surface area contributed by atoms with E-state index in [1.54, 1.807) is 6.08 Å². The third-order valence-electron chi connectivity index (χ3n) is 3.09. The van der Waals surface area contributed by atoms with Gasteiger partial charge >= 0.3 is 0 Å². The molecule has 0 aromatic carbocycles. The molecule has 1 heterocycles. The van der Waals surface area contributed by atoms with Gasteiger partial charge in [0.25, 0.3) is 0 Å². The number of hydrogen-bond acceptors (Lipinski definition) is 6. The monoisotopic (exact) mass is 305 g/mol. The molecule has 22 heavy (non-hydrogen) atoms. The second-order valence-corrected chi connectivity index (χ2v) is 4.33. The fourth-order valence-electron chi connectivity index (χ4n) is 2.14. The van der Waals surface area contributed by atoms with Crippen LogP contribution in [-0.4, -0.2) is 61.6 Å². The van der Waals surface area contributed by atoms with Gasteiger partial charge in [-0.2, -0.15) is 0 Å². The molecule has 0 aliphatic carbocycles. The fourth-order valence-corrected chi connectivity index (χ4v) is 2.14. The average molecular weight is 305 g/mol. The van der Waals surface area contributed by atoms with Gasteiger partial charge in [0.2, 0.25) is 0 Å². The van der Waals surface area contributed by atoms with E-state index in [2.05, 4.69) is 39.8 Å². The molecule has 0 bridgehead atoms. The van der Waals surface area contributed by atoms with E-state index in [0.717, 1.165) is 44.9 Å². The molecule has 6 heteroatoms. The zero-order chi connectivity index (χ0) is 17.0. The van der Waals surface area contributed by atoms with E-state index in [9.17, 15) is 0 Å². The molecule has 1 aliphatic rings. The van der Waals surface area contributed by atoms with Crippen LogP contribution in [0.1, 0.15) is 6.92 Å². The lowest BCUT2D eigenvalue weighted by atomic mass is 10.3. The zero-order valence-electron chi connectivity index (χ0n) is 13.6. The van der Waals surface area contributed by atoms with Crippen molar-refractivity contribution in [1.29, 1.82) is 0 Å². The Balaban J connectivity index is 0.00000211. The average Bonchev–Trinajstić information content (AvgIpc) is 2.56. The molecule has 0 aromatic heterocycles. The summed E-state index contributed by atoms with van der Waals surface area (Å²) in [5, 5.41) is 7.00. The van der Waals surface area contributed by atoms with Crippen LogP contribution in [0.2, 0.25) is 0 Å². The number of hydrogen-bond donors (Lipinski definition) is 2. The van der Waals surface area contributed by atoms with Gasteiger partial charge in [-0.15, -0.1) is 0 Å². The predicted octanol–water partition coefficient (Wildman–Crippen LogP) is 1.35. The van der Waals surface area contributed by atoms with Crippen LogP contribution >= 0.6 is 0 Å². The molecule has 122 valence electrons. The minimum atomic E-state index is 0.639. The lowest BCUT2D eigenvalue weighted by Gasteiger charge is -2.37. The molecule has 6 nitrogen and oxygen atoms in total. The zero-order valence-corrected chi connectivity index (χ0v) is 13.6. The molecule has 0 aromatic rings. The number of allylic oxidation sites excluding steroid dienone is 4. The van der Waals surface area contributed by atoms with Crippen LogP contribution in [0.25, 0.3) is 0 Å². The van der Waals surface area contributed by atoms with Crippen LogP contribution < -0.4 is 5.73 Å². The van der Waals surface area contributed by atoms with Crippen LogP contribution in [-0.2, 0) is 0 Å². The molecule has 0 saturated carbocycles. The Kier molecular flexibility index (Phi) is 10.1. The lowest BCUT2D eigenvalue weighted by molar-refractivity contribution is 0.189. The molecular formula is C16H27N5O. The predicted molar refractivity (Wildman–Crippen MR) is 94.7 cm³/mol. The molecule has 3 N–H and O–H groups in total. The van der Waals surface area contributed by atoms with Crippen LogP contribution in [0.3, 0.4) is 0 Å². The molecular weight excluding hydrogens is 278 g/mol. The van der Waals surface area contributed by atoms with Crippen molar-refractivity contribution < 1.29 is 5.11 Å². The van der Waals surface area contributed by atoms with Crippen molar-refractivity contribution in [2.75, 3.05) is 33.3 Å². The van der Waals surface area contributed by atoms with Crippen LogP contribution in [0, 0.1) is 0 Å². The molecule has 0 atom stereocenters. The number of nitrogens with zero attached hydrogens (tertiary/aromatic N) is 4. The van der Waals surface area contributed by atoms with Gasteiger partial charge in [-0.25, -0.2) is 9.98 Å². The number of piperazine rings is 1. The number of nitrogens with two attached hydrogens (primary N) is 1. The Morgan fingerprint density at radius 3 is 2.05 bits per heavy atom. The second-order valence-electron chi connectivity index (χ2n) is 4.33.